The minimum atomic E-state index is -1.11. The normalized spacial score (nSPS) is 13.6. The van der Waals surface area contributed by atoms with Crippen LogP contribution in [0.4, 0.5) is 0 Å². The maximum absolute atomic E-state index is 11.5. The van der Waals surface area contributed by atoms with Crippen molar-refractivity contribution in [1.29, 1.82) is 5.26 Å². The Morgan fingerprint density at radius 1 is 1.50 bits per heavy atom. The number of carbonyl (C=O) groups is 1. The predicted molar refractivity (Wildman–Crippen MR) is 60.6 cm³/mol. The Bertz CT molecular complexity index is 434. The van der Waals surface area contributed by atoms with Crippen LogP contribution in [0.2, 0.25) is 0 Å². The molecule has 0 bridgehead atoms. The molecule has 0 spiro atoms. The number of hydrogen-bond acceptors (Lipinski definition) is 3. The number of esters is 1. The lowest BCUT2D eigenvalue weighted by molar-refractivity contribution is -0.148. The molecule has 1 atom stereocenters. The molecule has 3 nitrogen and oxygen atoms in total. The zero-order valence-electron chi connectivity index (χ0n) is 9.78. The first-order valence-corrected chi connectivity index (χ1v) is 5.07. The summed E-state index contributed by atoms with van der Waals surface area (Å²) >= 11 is 0. The number of rotatable bonds is 3. The van der Waals surface area contributed by atoms with Gasteiger partial charge in [0.1, 0.15) is 0 Å². The van der Waals surface area contributed by atoms with E-state index in [1.54, 1.807) is 6.92 Å². The van der Waals surface area contributed by atoms with Gasteiger partial charge in [0, 0.05) is 6.42 Å². The first kappa shape index (κ1) is 12.3. The molecule has 0 aliphatic carbocycles. The molecule has 1 aromatic carbocycles. The fourth-order valence-corrected chi connectivity index (χ4v) is 1.57. The number of nitriles is 1. The van der Waals surface area contributed by atoms with Crippen LogP contribution in [0.1, 0.15) is 18.1 Å². The summed E-state index contributed by atoms with van der Waals surface area (Å²) < 4.78 is 4.66. The average molecular weight is 217 g/mol. The molecule has 0 aliphatic heterocycles. The third-order valence-electron chi connectivity index (χ3n) is 2.69. The van der Waals surface area contributed by atoms with Crippen molar-refractivity contribution >= 4 is 5.97 Å². The van der Waals surface area contributed by atoms with E-state index < -0.39 is 11.4 Å². The summed E-state index contributed by atoms with van der Waals surface area (Å²) in [6.45, 7) is 3.57. The van der Waals surface area contributed by atoms with Crippen LogP contribution < -0.4 is 0 Å². The van der Waals surface area contributed by atoms with E-state index >= 15 is 0 Å². The lowest BCUT2D eigenvalue weighted by atomic mass is 9.84. The molecule has 0 saturated heterocycles. The minimum Gasteiger partial charge on any atom is -0.468 e. The summed E-state index contributed by atoms with van der Waals surface area (Å²) in [5, 5.41) is 9.09. The van der Waals surface area contributed by atoms with Crippen molar-refractivity contribution in [3.8, 4) is 6.07 Å². The third kappa shape index (κ3) is 2.40. The van der Waals surface area contributed by atoms with Gasteiger partial charge in [0.25, 0.3) is 0 Å². The highest BCUT2D eigenvalue weighted by Gasteiger charge is 2.35. The van der Waals surface area contributed by atoms with Gasteiger partial charge < -0.3 is 4.74 Å². The van der Waals surface area contributed by atoms with Crippen LogP contribution in [0, 0.1) is 23.7 Å². The molecule has 1 unspecified atom stereocenters. The van der Waals surface area contributed by atoms with Gasteiger partial charge in [-0.3, -0.25) is 4.79 Å². The maximum atomic E-state index is 11.5. The molecule has 0 aliphatic rings. The Hall–Kier alpha value is -1.82. The molecule has 0 N–H and O–H groups in total. The lowest BCUT2D eigenvalue weighted by Gasteiger charge is -2.19. The van der Waals surface area contributed by atoms with E-state index in [9.17, 15) is 4.79 Å². The van der Waals surface area contributed by atoms with Crippen LogP contribution in [0.15, 0.2) is 24.3 Å². The number of benzene rings is 1. The molecule has 16 heavy (non-hydrogen) atoms. The molecule has 3 heteroatoms. The van der Waals surface area contributed by atoms with Gasteiger partial charge in [0.2, 0.25) is 0 Å². The lowest BCUT2D eigenvalue weighted by Crippen LogP contribution is -2.30. The quantitative estimate of drug-likeness (QED) is 0.729. The number of carbonyl (C=O) groups excluding carboxylic acids is 1. The summed E-state index contributed by atoms with van der Waals surface area (Å²) in [7, 11) is 1.30. The van der Waals surface area contributed by atoms with Crippen molar-refractivity contribution in [2.24, 2.45) is 5.41 Å². The second kappa shape index (κ2) is 4.80. The Morgan fingerprint density at radius 2 is 2.12 bits per heavy atom. The Morgan fingerprint density at radius 3 is 2.62 bits per heavy atom. The van der Waals surface area contributed by atoms with E-state index in [1.807, 2.05) is 37.3 Å². The Balaban J connectivity index is 3.00. The van der Waals surface area contributed by atoms with Crippen molar-refractivity contribution in [3.05, 3.63) is 35.4 Å². The minimum absolute atomic E-state index is 0.378. The average Bonchev–Trinajstić information content (AvgIpc) is 2.31. The van der Waals surface area contributed by atoms with Gasteiger partial charge in [-0.05, 0) is 25.0 Å². The molecule has 84 valence electrons. The van der Waals surface area contributed by atoms with Crippen LogP contribution in [0.3, 0.4) is 0 Å². The highest BCUT2D eigenvalue weighted by atomic mass is 16.5. The fraction of sp³-hybridized carbons (Fsp3) is 0.385. The highest BCUT2D eigenvalue weighted by Crippen LogP contribution is 2.24. The number of methoxy groups -OCH3 is 1. The first-order valence-electron chi connectivity index (χ1n) is 5.07. The molecule has 0 heterocycles. The van der Waals surface area contributed by atoms with Gasteiger partial charge in [-0.2, -0.15) is 5.26 Å². The molecule has 1 aromatic rings. The molecule has 0 fully saturated rings. The van der Waals surface area contributed by atoms with Gasteiger partial charge in [0.05, 0.1) is 13.2 Å². The zero-order valence-corrected chi connectivity index (χ0v) is 9.78. The molecule has 1 rings (SSSR count). The molecule has 0 aromatic heterocycles. The first-order chi connectivity index (χ1) is 7.53. The van der Waals surface area contributed by atoms with E-state index in [0.29, 0.717) is 6.42 Å². The number of aryl methyl sites for hydroxylation is 1. The monoisotopic (exact) mass is 217 g/mol. The van der Waals surface area contributed by atoms with Crippen molar-refractivity contribution in [2.75, 3.05) is 7.11 Å². The van der Waals surface area contributed by atoms with Crippen LogP contribution in [-0.2, 0) is 16.0 Å². The summed E-state index contributed by atoms with van der Waals surface area (Å²) in [4.78, 5) is 11.5. The molecule has 0 amide bonds. The number of hydrogen-bond donors (Lipinski definition) is 0. The second-order valence-corrected chi connectivity index (χ2v) is 4.04. The molecular weight excluding hydrogens is 202 g/mol. The topological polar surface area (TPSA) is 50.1 Å². The fourth-order valence-electron chi connectivity index (χ4n) is 1.57. The van der Waals surface area contributed by atoms with Crippen molar-refractivity contribution in [2.45, 2.75) is 20.3 Å². The van der Waals surface area contributed by atoms with Gasteiger partial charge in [-0.15, -0.1) is 0 Å². The van der Waals surface area contributed by atoms with Gasteiger partial charge >= 0.3 is 5.97 Å². The standard InChI is InChI=1S/C13H15NO2/c1-10-6-4-5-7-11(10)8-13(2,9-14)12(15)16-3/h4-7H,8H2,1-3H3. The van der Waals surface area contributed by atoms with Crippen molar-refractivity contribution in [1.82, 2.24) is 0 Å². The summed E-state index contributed by atoms with van der Waals surface area (Å²) in [6.07, 6.45) is 0.378. The molecule has 0 radical (unpaired) electrons. The van der Waals surface area contributed by atoms with E-state index in [-0.39, 0.29) is 0 Å². The highest BCUT2D eigenvalue weighted by molar-refractivity contribution is 5.79. The van der Waals surface area contributed by atoms with E-state index in [2.05, 4.69) is 4.74 Å². The van der Waals surface area contributed by atoms with Gasteiger partial charge in [0.15, 0.2) is 5.41 Å². The molecule has 0 saturated carbocycles. The zero-order chi connectivity index (χ0) is 12.2. The SMILES string of the molecule is COC(=O)C(C)(C#N)Cc1ccccc1C. The summed E-state index contributed by atoms with van der Waals surface area (Å²) in [5.74, 6) is -0.488. The Kier molecular flexibility index (Phi) is 3.68. The summed E-state index contributed by atoms with van der Waals surface area (Å²) in [6, 6.07) is 9.75. The molecular formula is C13H15NO2. The van der Waals surface area contributed by atoms with E-state index in [1.165, 1.54) is 7.11 Å². The van der Waals surface area contributed by atoms with Crippen LogP contribution in [-0.4, -0.2) is 13.1 Å². The Labute approximate surface area is 95.7 Å². The van der Waals surface area contributed by atoms with Gasteiger partial charge in [-0.25, -0.2) is 0 Å². The van der Waals surface area contributed by atoms with Crippen molar-refractivity contribution in [3.63, 3.8) is 0 Å². The van der Waals surface area contributed by atoms with E-state index in [4.69, 9.17) is 5.26 Å². The van der Waals surface area contributed by atoms with Crippen LogP contribution >= 0.6 is 0 Å². The third-order valence-corrected chi connectivity index (χ3v) is 2.69. The maximum Gasteiger partial charge on any atom is 0.326 e. The smallest absolute Gasteiger partial charge is 0.326 e. The van der Waals surface area contributed by atoms with Gasteiger partial charge in [-0.1, -0.05) is 24.3 Å². The van der Waals surface area contributed by atoms with Crippen LogP contribution in [0.5, 0.6) is 0 Å². The van der Waals surface area contributed by atoms with Crippen LogP contribution in [0.25, 0.3) is 0 Å². The largest absolute Gasteiger partial charge is 0.468 e. The summed E-state index contributed by atoms with van der Waals surface area (Å²) in [5.41, 5.74) is 0.964. The second-order valence-electron chi connectivity index (χ2n) is 4.04. The predicted octanol–water partition coefficient (Wildman–Crippen LogP) is 2.24. The van der Waals surface area contributed by atoms with E-state index in [0.717, 1.165) is 11.1 Å². The van der Waals surface area contributed by atoms with Crippen molar-refractivity contribution < 1.29 is 9.53 Å². The number of ether oxygens (including phenoxy) is 1. The number of nitrogens with zero attached hydrogens (tertiary/aromatic N) is 1.